The van der Waals surface area contributed by atoms with Crippen molar-refractivity contribution in [1.82, 2.24) is 19.7 Å². The Morgan fingerprint density at radius 2 is 2.15 bits per heavy atom. The number of benzene rings is 1. The molecule has 1 atom stereocenters. The van der Waals surface area contributed by atoms with Gasteiger partial charge in [0.05, 0.1) is 41.9 Å². The number of anilines is 2. The van der Waals surface area contributed by atoms with Gasteiger partial charge >= 0.3 is 6.09 Å². The standard InChI is InChI=1S/C23H25N7O3/c24-16-7-4-8-29(13-16)21-19(31)11-26-22-20(21)18(10-25-22)28-23(32)33-17-9-27-30(14-17)12-15-5-2-1-3-6-15/h1-3,5-6,9-11,14,16,31H,4,7-8,12-13,24H2,(H,25,26)(H,28,32)/t16-/m1/s1. The number of carbonyl (C=O) groups excluding carboxylic acids is 1. The number of carbonyl (C=O) groups is 1. The van der Waals surface area contributed by atoms with Crippen molar-refractivity contribution >= 4 is 28.5 Å². The molecule has 0 radical (unpaired) electrons. The van der Waals surface area contributed by atoms with Gasteiger partial charge in [-0.05, 0) is 18.4 Å². The van der Waals surface area contributed by atoms with Crippen molar-refractivity contribution in [2.75, 3.05) is 23.3 Å². The Morgan fingerprint density at radius 3 is 2.97 bits per heavy atom. The Kier molecular flexibility index (Phi) is 5.57. The molecule has 1 aliphatic heterocycles. The Labute approximate surface area is 190 Å². The molecule has 0 unspecified atom stereocenters. The molecule has 4 aromatic rings. The molecule has 10 heteroatoms. The van der Waals surface area contributed by atoms with Crippen LogP contribution in [-0.2, 0) is 6.54 Å². The van der Waals surface area contributed by atoms with Crippen LogP contribution in [0.25, 0.3) is 11.0 Å². The molecule has 5 N–H and O–H groups in total. The summed E-state index contributed by atoms with van der Waals surface area (Å²) in [4.78, 5) is 21.9. The second kappa shape index (κ2) is 8.83. The molecule has 33 heavy (non-hydrogen) atoms. The Hall–Kier alpha value is -4.05. The highest BCUT2D eigenvalue weighted by Crippen LogP contribution is 2.39. The van der Waals surface area contributed by atoms with Crippen LogP contribution in [0.4, 0.5) is 16.2 Å². The number of ether oxygens (including phenoxy) is 1. The van der Waals surface area contributed by atoms with Gasteiger partial charge in [0.2, 0.25) is 0 Å². The molecule has 5 rings (SSSR count). The summed E-state index contributed by atoms with van der Waals surface area (Å²) in [6, 6.07) is 9.90. The van der Waals surface area contributed by atoms with Crippen LogP contribution < -0.4 is 20.7 Å². The van der Waals surface area contributed by atoms with Crippen LogP contribution in [0.3, 0.4) is 0 Å². The number of amides is 1. The van der Waals surface area contributed by atoms with Crippen molar-refractivity contribution in [2.45, 2.75) is 25.4 Å². The average molecular weight is 447 g/mol. The van der Waals surface area contributed by atoms with Crippen LogP contribution in [0, 0.1) is 0 Å². The van der Waals surface area contributed by atoms with Crippen molar-refractivity contribution < 1.29 is 14.6 Å². The van der Waals surface area contributed by atoms with Crippen molar-refractivity contribution in [3.8, 4) is 11.5 Å². The number of pyridine rings is 1. The van der Waals surface area contributed by atoms with Crippen LogP contribution in [0.2, 0.25) is 0 Å². The van der Waals surface area contributed by atoms with E-state index in [1.807, 2.05) is 35.2 Å². The summed E-state index contributed by atoms with van der Waals surface area (Å²) in [7, 11) is 0. The van der Waals surface area contributed by atoms with Gasteiger partial charge in [0.25, 0.3) is 0 Å². The predicted octanol–water partition coefficient (Wildman–Crippen LogP) is 3.05. The van der Waals surface area contributed by atoms with Gasteiger partial charge in [0.15, 0.2) is 11.5 Å². The minimum absolute atomic E-state index is 0.0223. The summed E-state index contributed by atoms with van der Waals surface area (Å²) < 4.78 is 7.12. The van der Waals surface area contributed by atoms with Gasteiger partial charge < -0.3 is 25.5 Å². The lowest BCUT2D eigenvalue weighted by atomic mass is 10.0. The fourth-order valence-electron chi connectivity index (χ4n) is 4.20. The molecule has 10 nitrogen and oxygen atoms in total. The zero-order chi connectivity index (χ0) is 22.8. The Morgan fingerprint density at radius 1 is 1.30 bits per heavy atom. The molecular weight excluding hydrogens is 422 g/mol. The molecule has 1 saturated heterocycles. The number of hydrogen-bond acceptors (Lipinski definition) is 7. The second-order valence-electron chi connectivity index (χ2n) is 8.14. The third-order valence-electron chi connectivity index (χ3n) is 5.67. The molecule has 0 saturated carbocycles. The number of rotatable bonds is 5. The van der Waals surface area contributed by atoms with Gasteiger partial charge in [-0.15, -0.1) is 0 Å². The topological polar surface area (TPSA) is 134 Å². The summed E-state index contributed by atoms with van der Waals surface area (Å²) in [5.74, 6) is 0.362. The van der Waals surface area contributed by atoms with Crippen LogP contribution in [0.5, 0.6) is 11.5 Å². The van der Waals surface area contributed by atoms with Crippen LogP contribution in [-0.4, -0.2) is 50.1 Å². The first-order valence-corrected chi connectivity index (χ1v) is 10.8. The number of aromatic nitrogens is 4. The highest BCUT2D eigenvalue weighted by atomic mass is 16.6. The van der Waals surface area contributed by atoms with E-state index in [2.05, 4.69) is 20.4 Å². The normalized spacial score (nSPS) is 16.2. The van der Waals surface area contributed by atoms with E-state index < -0.39 is 6.09 Å². The van der Waals surface area contributed by atoms with E-state index in [1.54, 1.807) is 17.1 Å². The van der Waals surface area contributed by atoms with Gasteiger partial charge in [-0.1, -0.05) is 30.3 Å². The van der Waals surface area contributed by atoms with Gasteiger partial charge in [0, 0.05) is 25.3 Å². The highest BCUT2D eigenvalue weighted by Gasteiger charge is 2.24. The lowest BCUT2D eigenvalue weighted by Crippen LogP contribution is -2.43. The molecule has 1 fully saturated rings. The number of fused-ring (bicyclic) bond motifs is 1. The smallest absolute Gasteiger partial charge is 0.417 e. The van der Waals surface area contributed by atoms with E-state index in [-0.39, 0.29) is 11.8 Å². The maximum atomic E-state index is 12.6. The highest BCUT2D eigenvalue weighted by molar-refractivity contribution is 6.06. The number of piperidine rings is 1. The maximum absolute atomic E-state index is 12.6. The van der Waals surface area contributed by atoms with E-state index in [1.165, 1.54) is 12.4 Å². The summed E-state index contributed by atoms with van der Waals surface area (Å²) in [6.45, 7) is 1.94. The minimum atomic E-state index is -0.667. The molecule has 170 valence electrons. The summed E-state index contributed by atoms with van der Waals surface area (Å²) in [5.41, 5.74) is 8.84. The van der Waals surface area contributed by atoms with Crippen molar-refractivity contribution in [2.24, 2.45) is 5.73 Å². The molecule has 3 aromatic heterocycles. The first-order chi connectivity index (χ1) is 16.1. The van der Waals surface area contributed by atoms with Crippen LogP contribution in [0.15, 0.2) is 55.1 Å². The van der Waals surface area contributed by atoms with Crippen molar-refractivity contribution in [1.29, 1.82) is 0 Å². The average Bonchev–Trinajstić information content (AvgIpc) is 3.41. The number of nitrogens with zero attached hydrogens (tertiary/aromatic N) is 4. The molecule has 4 heterocycles. The second-order valence-corrected chi connectivity index (χ2v) is 8.14. The number of hydrogen-bond donors (Lipinski definition) is 4. The first-order valence-electron chi connectivity index (χ1n) is 10.8. The largest absolute Gasteiger partial charge is 0.504 e. The molecule has 0 spiro atoms. The van der Waals surface area contributed by atoms with E-state index in [0.717, 1.165) is 24.9 Å². The monoisotopic (exact) mass is 447 g/mol. The lowest BCUT2D eigenvalue weighted by molar-refractivity contribution is 0.215. The van der Waals surface area contributed by atoms with Gasteiger partial charge in [-0.2, -0.15) is 5.10 Å². The van der Waals surface area contributed by atoms with E-state index >= 15 is 0 Å². The quantitative estimate of drug-likeness (QED) is 0.369. The van der Waals surface area contributed by atoms with Crippen molar-refractivity contribution in [3.63, 3.8) is 0 Å². The fraction of sp³-hybridized carbons (Fsp3) is 0.261. The SMILES string of the molecule is N[C@@H]1CCCN(c2c(O)cnc3[nH]cc(NC(=O)Oc4cnn(Cc5ccccc5)c4)c23)C1. The number of nitrogens with two attached hydrogens (primary N) is 1. The van der Waals surface area contributed by atoms with Crippen LogP contribution in [0.1, 0.15) is 18.4 Å². The molecule has 1 aromatic carbocycles. The van der Waals surface area contributed by atoms with Crippen molar-refractivity contribution in [3.05, 3.63) is 60.7 Å². The minimum Gasteiger partial charge on any atom is -0.504 e. The predicted molar refractivity (Wildman–Crippen MR) is 125 cm³/mol. The number of H-pyrrole nitrogens is 1. The number of aromatic hydroxyl groups is 1. The Bertz CT molecular complexity index is 1270. The van der Waals surface area contributed by atoms with E-state index in [9.17, 15) is 9.90 Å². The van der Waals surface area contributed by atoms with Crippen LogP contribution >= 0.6 is 0 Å². The molecule has 1 aliphatic rings. The third-order valence-corrected chi connectivity index (χ3v) is 5.67. The summed E-state index contributed by atoms with van der Waals surface area (Å²) in [5, 5.41) is 18.2. The number of nitrogens with one attached hydrogen (secondary N) is 2. The third kappa shape index (κ3) is 4.46. The number of aromatic amines is 1. The Balaban J connectivity index is 1.33. The lowest BCUT2D eigenvalue weighted by Gasteiger charge is -2.33. The van der Waals surface area contributed by atoms with Gasteiger partial charge in [-0.25, -0.2) is 9.78 Å². The maximum Gasteiger partial charge on any atom is 0.417 e. The zero-order valence-electron chi connectivity index (χ0n) is 17.9. The summed E-state index contributed by atoms with van der Waals surface area (Å²) >= 11 is 0. The van der Waals surface area contributed by atoms with E-state index in [0.29, 0.717) is 41.2 Å². The van der Waals surface area contributed by atoms with E-state index in [4.69, 9.17) is 10.5 Å². The molecule has 0 bridgehead atoms. The first kappa shape index (κ1) is 20.8. The van der Waals surface area contributed by atoms with Gasteiger partial charge in [-0.3, -0.25) is 10.00 Å². The fourth-order valence-corrected chi connectivity index (χ4v) is 4.20. The summed E-state index contributed by atoms with van der Waals surface area (Å²) in [6.07, 6.45) is 7.38. The molecule has 0 aliphatic carbocycles. The van der Waals surface area contributed by atoms with Gasteiger partial charge in [0.1, 0.15) is 5.65 Å². The zero-order valence-corrected chi connectivity index (χ0v) is 17.9. The molecule has 1 amide bonds. The molecular formula is C23H25N7O3.